The van der Waals surface area contributed by atoms with E-state index in [-0.39, 0.29) is 0 Å². The minimum absolute atomic E-state index is 0.902. The van der Waals surface area contributed by atoms with Crippen LogP contribution >= 0.6 is 0 Å². The third kappa shape index (κ3) is 1.72. The lowest BCUT2D eigenvalue weighted by molar-refractivity contribution is 0.336. The molecular weight excluding hydrogens is 122 g/mol. The van der Waals surface area contributed by atoms with Crippen molar-refractivity contribution >= 4 is 0 Å². The maximum absolute atomic E-state index is 3.59. The van der Waals surface area contributed by atoms with Crippen LogP contribution in [0.1, 0.15) is 38.5 Å². The monoisotopic (exact) mass is 139 g/mol. The number of hydrogen-bond donors (Lipinski definition) is 1. The molecule has 2 fully saturated rings. The first kappa shape index (κ1) is 6.66. The average Bonchev–Trinajstić information content (AvgIpc) is 2.58. The molecule has 0 heterocycles. The van der Waals surface area contributed by atoms with Crippen molar-refractivity contribution in [3.8, 4) is 0 Å². The number of nitrogens with one attached hydrogen (secondary N) is 1. The van der Waals surface area contributed by atoms with Crippen LogP contribution in [0.15, 0.2) is 0 Å². The molecule has 1 N–H and O–H groups in total. The molecule has 2 saturated carbocycles. The van der Waals surface area contributed by atoms with Gasteiger partial charge in [0.15, 0.2) is 0 Å². The van der Waals surface area contributed by atoms with Crippen LogP contribution in [0.2, 0.25) is 0 Å². The van der Waals surface area contributed by atoms with Gasteiger partial charge < -0.3 is 5.32 Å². The fraction of sp³-hybridized carbons (Fsp3) is 1.00. The molecule has 0 spiro atoms. The summed E-state index contributed by atoms with van der Waals surface area (Å²) in [5, 5.41) is 3.59. The molecule has 0 aliphatic heterocycles. The highest BCUT2D eigenvalue weighted by atomic mass is 14.9. The molecule has 1 heteroatoms. The highest BCUT2D eigenvalue weighted by molar-refractivity contribution is 4.79. The van der Waals surface area contributed by atoms with E-state index in [0.29, 0.717) is 0 Å². The lowest BCUT2D eigenvalue weighted by Gasteiger charge is -2.26. The predicted molar refractivity (Wildman–Crippen MR) is 43.0 cm³/mol. The highest BCUT2D eigenvalue weighted by Crippen LogP contribution is 2.32. The lowest BCUT2D eigenvalue weighted by atomic mass is 9.93. The second-order valence-electron chi connectivity index (χ2n) is 3.81. The molecule has 58 valence electrons. The third-order valence-electron chi connectivity index (χ3n) is 2.79. The van der Waals surface area contributed by atoms with Crippen LogP contribution < -0.4 is 5.32 Å². The fourth-order valence-corrected chi connectivity index (χ4v) is 1.51. The summed E-state index contributed by atoms with van der Waals surface area (Å²) in [7, 11) is 0. The van der Waals surface area contributed by atoms with Crippen molar-refractivity contribution in [1.82, 2.24) is 5.32 Å². The Morgan fingerprint density at radius 1 is 1.10 bits per heavy atom. The van der Waals surface area contributed by atoms with Gasteiger partial charge in [-0.05, 0) is 31.7 Å². The smallest absolute Gasteiger partial charge is 0.00670 e. The Kier molecular flexibility index (Phi) is 1.94. The van der Waals surface area contributed by atoms with Crippen molar-refractivity contribution in [2.75, 3.05) is 6.54 Å². The minimum atomic E-state index is 0.902. The molecular formula is C9H17N. The number of rotatable bonds is 4. The summed E-state index contributed by atoms with van der Waals surface area (Å²) in [5.74, 6) is 1.10. The SMILES string of the molecule is C1CC(NCCC2CC2)C1. The zero-order valence-electron chi connectivity index (χ0n) is 6.60. The van der Waals surface area contributed by atoms with Crippen LogP contribution in [0.5, 0.6) is 0 Å². The maximum Gasteiger partial charge on any atom is 0.00670 e. The van der Waals surface area contributed by atoms with E-state index in [4.69, 9.17) is 0 Å². The summed E-state index contributed by atoms with van der Waals surface area (Å²) in [4.78, 5) is 0. The maximum atomic E-state index is 3.59. The molecule has 0 saturated heterocycles. The van der Waals surface area contributed by atoms with Crippen LogP contribution in [-0.4, -0.2) is 12.6 Å². The molecule has 2 rings (SSSR count). The predicted octanol–water partition coefficient (Wildman–Crippen LogP) is 1.93. The van der Waals surface area contributed by atoms with Crippen molar-refractivity contribution in [1.29, 1.82) is 0 Å². The van der Waals surface area contributed by atoms with Gasteiger partial charge in [0, 0.05) is 6.04 Å². The fourth-order valence-electron chi connectivity index (χ4n) is 1.51. The first-order valence-corrected chi connectivity index (χ1v) is 4.68. The molecule has 10 heavy (non-hydrogen) atoms. The van der Waals surface area contributed by atoms with E-state index in [2.05, 4.69) is 5.32 Å². The summed E-state index contributed by atoms with van der Waals surface area (Å²) < 4.78 is 0. The molecule has 2 aliphatic rings. The summed E-state index contributed by atoms with van der Waals surface area (Å²) >= 11 is 0. The van der Waals surface area contributed by atoms with Crippen molar-refractivity contribution in [3.63, 3.8) is 0 Å². The van der Waals surface area contributed by atoms with Gasteiger partial charge in [-0.25, -0.2) is 0 Å². The molecule has 2 aliphatic carbocycles. The zero-order chi connectivity index (χ0) is 6.81. The van der Waals surface area contributed by atoms with E-state index in [0.717, 1.165) is 12.0 Å². The Morgan fingerprint density at radius 3 is 2.40 bits per heavy atom. The average molecular weight is 139 g/mol. The van der Waals surface area contributed by atoms with E-state index in [1.807, 2.05) is 0 Å². The van der Waals surface area contributed by atoms with E-state index in [9.17, 15) is 0 Å². The largest absolute Gasteiger partial charge is 0.314 e. The van der Waals surface area contributed by atoms with Crippen LogP contribution in [0.25, 0.3) is 0 Å². The van der Waals surface area contributed by atoms with Gasteiger partial charge in [0.2, 0.25) is 0 Å². The molecule has 0 unspecified atom stereocenters. The van der Waals surface area contributed by atoms with Gasteiger partial charge >= 0.3 is 0 Å². The molecule has 0 aromatic carbocycles. The third-order valence-corrected chi connectivity index (χ3v) is 2.79. The zero-order valence-corrected chi connectivity index (χ0v) is 6.60. The molecule has 0 aromatic rings. The Labute approximate surface area is 63.2 Å². The van der Waals surface area contributed by atoms with Gasteiger partial charge in [-0.2, -0.15) is 0 Å². The van der Waals surface area contributed by atoms with Gasteiger partial charge in [0.25, 0.3) is 0 Å². The van der Waals surface area contributed by atoms with Crippen molar-refractivity contribution in [2.24, 2.45) is 5.92 Å². The molecule has 0 amide bonds. The van der Waals surface area contributed by atoms with E-state index < -0.39 is 0 Å². The first-order chi connectivity index (χ1) is 4.95. The van der Waals surface area contributed by atoms with Gasteiger partial charge in [-0.1, -0.05) is 19.3 Å². The highest BCUT2D eigenvalue weighted by Gasteiger charge is 2.22. The standard InChI is InChI=1S/C9H17N/c1-2-9(3-1)10-7-6-8-4-5-8/h8-10H,1-7H2. The molecule has 0 atom stereocenters. The summed E-state index contributed by atoms with van der Waals surface area (Å²) in [6, 6.07) is 0.902. The first-order valence-electron chi connectivity index (χ1n) is 4.68. The lowest BCUT2D eigenvalue weighted by Crippen LogP contribution is -2.35. The minimum Gasteiger partial charge on any atom is -0.314 e. The van der Waals surface area contributed by atoms with Crippen LogP contribution in [0.3, 0.4) is 0 Å². The number of hydrogen-bond acceptors (Lipinski definition) is 1. The van der Waals surface area contributed by atoms with Crippen LogP contribution in [0, 0.1) is 5.92 Å². The van der Waals surface area contributed by atoms with Crippen LogP contribution in [0.4, 0.5) is 0 Å². The molecule has 0 bridgehead atoms. The Bertz CT molecular complexity index is 103. The molecule has 0 radical (unpaired) electrons. The summed E-state index contributed by atoms with van der Waals surface area (Å²) in [6.45, 7) is 1.29. The normalized spacial score (nSPS) is 26.4. The van der Waals surface area contributed by atoms with Crippen molar-refractivity contribution in [3.05, 3.63) is 0 Å². The summed E-state index contributed by atoms with van der Waals surface area (Å²) in [6.07, 6.45) is 8.78. The summed E-state index contributed by atoms with van der Waals surface area (Å²) in [5.41, 5.74) is 0. The molecule has 1 nitrogen and oxygen atoms in total. The van der Waals surface area contributed by atoms with Gasteiger partial charge in [-0.3, -0.25) is 0 Å². The second-order valence-corrected chi connectivity index (χ2v) is 3.81. The van der Waals surface area contributed by atoms with Crippen LogP contribution in [-0.2, 0) is 0 Å². The van der Waals surface area contributed by atoms with Crippen molar-refractivity contribution < 1.29 is 0 Å². The molecule has 0 aromatic heterocycles. The Morgan fingerprint density at radius 2 is 1.90 bits per heavy atom. The van der Waals surface area contributed by atoms with Crippen molar-refractivity contribution in [2.45, 2.75) is 44.6 Å². The van der Waals surface area contributed by atoms with E-state index in [1.54, 1.807) is 0 Å². The van der Waals surface area contributed by atoms with Gasteiger partial charge in [0.05, 0.1) is 0 Å². The topological polar surface area (TPSA) is 12.0 Å². The van der Waals surface area contributed by atoms with E-state index in [1.165, 1.54) is 45.1 Å². The Hall–Kier alpha value is -0.0400. The second kappa shape index (κ2) is 2.91. The van der Waals surface area contributed by atoms with E-state index >= 15 is 0 Å². The quantitative estimate of drug-likeness (QED) is 0.627. The van der Waals surface area contributed by atoms with Gasteiger partial charge in [-0.15, -0.1) is 0 Å². The Balaban J connectivity index is 1.46. The van der Waals surface area contributed by atoms with Gasteiger partial charge in [0.1, 0.15) is 0 Å².